The summed E-state index contributed by atoms with van der Waals surface area (Å²) in [6, 6.07) is 13.1. The molecule has 2 N–H and O–H groups in total. The van der Waals surface area contributed by atoms with Crippen molar-refractivity contribution in [1.29, 1.82) is 0 Å². The third-order valence-electron chi connectivity index (χ3n) is 3.09. The standard InChI is InChI=1S/C17H20ClNO2/c1-2-9-19-11-14-6-4-8-16(18)17(14)21-15-7-3-5-13(10-15)12-20/h3-8,10,19-20H,2,9,11-12H2,1H3. The second kappa shape index (κ2) is 8.03. The van der Waals surface area contributed by atoms with Gasteiger partial charge in [-0.1, -0.05) is 42.8 Å². The van der Waals surface area contributed by atoms with Crippen LogP contribution in [0, 0.1) is 0 Å². The molecule has 2 rings (SSSR count). The number of halogens is 1. The van der Waals surface area contributed by atoms with E-state index < -0.39 is 0 Å². The normalized spacial score (nSPS) is 10.6. The first-order valence-corrected chi connectivity index (χ1v) is 7.48. The molecule has 4 heteroatoms. The number of ether oxygens (including phenoxy) is 1. The van der Waals surface area contributed by atoms with Crippen molar-refractivity contribution < 1.29 is 9.84 Å². The van der Waals surface area contributed by atoms with Gasteiger partial charge in [-0.05, 0) is 36.7 Å². The largest absolute Gasteiger partial charge is 0.455 e. The molecule has 0 aliphatic rings. The Labute approximate surface area is 130 Å². The van der Waals surface area contributed by atoms with Gasteiger partial charge in [0.1, 0.15) is 11.5 Å². The van der Waals surface area contributed by atoms with Crippen molar-refractivity contribution in [3.63, 3.8) is 0 Å². The molecular weight excluding hydrogens is 286 g/mol. The van der Waals surface area contributed by atoms with Crippen LogP contribution in [0.3, 0.4) is 0 Å². The fourth-order valence-corrected chi connectivity index (χ4v) is 2.26. The highest BCUT2D eigenvalue weighted by molar-refractivity contribution is 6.32. The third-order valence-corrected chi connectivity index (χ3v) is 3.39. The number of aliphatic hydroxyl groups is 1. The zero-order valence-corrected chi connectivity index (χ0v) is 12.9. The fourth-order valence-electron chi connectivity index (χ4n) is 2.03. The van der Waals surface area contributed by atoms with E-state index in [0.717, 1.165) is 24.1 Å². The predicted octanol–water partition coefficient (Wildman–Crippen LogP) is 4.12. The molecule has 2 aromatic rings. The van der Waals surface area contributed by atoms with Gasteiger partial charge in [0.05, 0.1) is 11.6 Å². The second-order valence-electron chi connectivity index (χ2n) is 4.81. The van der Waals surface area contributed by atoms with Gasteiger partial charge in [0.2, 0.25) is 0 Å². The minimum absolute atomic E-state index is 0.00929. The third kappa shape index (κ3) is 4.46. The van der Waals surface area contributed by atoms with Gasteiger partial charge in [0, 0.05) is 12.1 Å². The van der Waals surface area contributed by atoms with Crippen LogP contribution in [0.5, 0.6) is 11.5 Å². The van der Waals surface area contributed by atoms with Crippen molar-refractivity contribution in [3.8, 4) is 11.5 Å². The molecule has 0 radical (unpaired) electrons. The number of hydrogen-bond donors (Lipinski definition) is 2. The topological polar surface area (TPSA) is 41.5 Å². The smallest absolute Gasteiger partial charge is 0.150 e. The summed E-state index contributed by atoms with van der Waals surface area (Å²) in [5.41, 5.74) is 1.83. The number of nitrogens with one attached hydrogen (secondary N) is 1. The van der Waals surface area contributed by atoms with Crippen LogP contribution in [0.15, 0.2) is 42.5 Å². The first-order valence-electron chi connectivity index (χ1n) is 7.10. The van der Waals surface area contributed by atoms with Crippen molar-refractivity contribution in [3.05, 3.63) is 58.6 Å². The van der Waals surface area contributed by atoms with E-state index in [2.05, 4.69) is 12.2 Å². The average molecular weight is 306 g/mol. The second-order valence-corrected chi connectivity index (χ2v) is 5.22. The van der Waals surface area contributed by atoms with Crippen molar-refractivity contribution in [2.45, 2.75) is 26.5 Å². The van der Waals surface area contributed by atoms with E-state index in [1.54, 1.807) is 0 Å². The lowest BCUT2D eigenvalue weighted by molar-refractivity contribution is 0.281. The molecule has 0 spiro atoms. The Morgan fingerprint density at radius 3 is 2.76 bits per heavy atom. The van der Waals surface area contributed by atoms with Gasteiger partial charge in [-0.25, -0.2) is 0 Å². The van der Waals surface area contributed by atoms with Crippen molar-refractivity contribution in [2.75, 3.05) is 6.54 Å². The van der Waals surface area contributed by atoms with Crippen LogP contribution < -0.4 is 10.1 Å². The fraction of sp³-hybridized carbons (Fsp3) is 0.294. The van der Waals surface area contributed by atoms with E-state index in [-0.39, 0.29) is 6.61 Å². The number of para-hydroxylation sites is 1. The zero-order valence-electron chi connectivity index (χ0n) is 12.1. The molecule has 3 nitrogen and oxygen atoms in total. The van der Waals surface area contributed by atoms with Gasteiger partial charge in [-0.2, -0.15) is 0 Å². The van der Waals surface area contributed by atoms with Crippen LogP contribution in [0.25, 0.3) is 0 Å². The van der Waals surface area contributed by atoms with Gasteiger partial charge >= 0.3 is 0 Å². The maximum atomic E-state index is 9.19. The molecule has 0 fully saturated rings. The van der Waals surface area contributed by atoms with Gasteiger partial charge in [-0.3, -0.25) is 0 Å². The van der Waals surface area contributed by atoms with Crippen LogP contribution >= 0.6 is 11.6 Å². The molecule has 0 bridgehead atoms. The van der Waals surface area contributed by atoms with Crippen LogP contribution in [0.2, 0.25) is 5.02 Å². The van der Waals surface area contributed by atoms with Crippen LogP contribution in [0.1, 0.15) is 24.5 Å². The maximum absolute atomic E-state index is 9.19. The van der Waals surface area contributed by atoms with Crippen molar-refractivity contribution in [1.82, 2.24) is 5.32 Å². The highest BCUT2D eigenvalue weighted by Crippen LogP contribution is 2.33. The molecule has 2 aromatic carbocycles. The lowest BCUT2D eigenvalue weighted by atomic mass is 10.2. The molecule has 0 aliphatic carbocycles. The lowest BCUT2D eigenvalue weighted by Gasteiger charge is -2.14. The van der Waals surface area contributed by atoms with E-state index in [1.165, 1.54) is 0 Å². The molecule has 0 heterocycles. The van der Waals surface area contributed by atoms with Crippen molar-refractivity contribution >= 4 is 11.6 Å². The molecule has 0 aromatic heterocycles. The van der Waals surface area contributed by atoms with E-state index in [0.29, 0.717) is 23.1 Å². The Kier molecular flexibility index (Phi) is 6.05. The van der Waals surface area contributed by atoms with Crippen molar-refractivity contribution in [2.24, 2.45) is 0 Å². The van der Waals surface area contributed by atoms with Gasteiger partial charge in [0.25, 0.3) is 0 Å². The van der Waals surface area contributed by atoms with E-state index in [4.69, 9.17) is 16.3 Å². The molecule has 0 unspecified atom stereocenters. The Bertz CT molecular complexity index is 587. The molecule has 0 saturated heterocycles. The van der Waals surface area contributed by atoms with E-state index in [1.807, 2.05) is 42.5 Å². The molecule has 0 saturated carbocycles. The van der Waals surface area contributed by atoms with Crippen LogP contribution in [-0.4, -0.2) is 11.7 Å². The average Bonchev–Trinajstić information content (AvgIpc) is 2.51. The highest BCUT2D eigenvalue weighted by Gasteiger charge is 2.09. The Hall–Kier alpha value is -1.55. The highest BCUT2D eigenvalue weighted by atomic mass is 35.5. The minimum atomic E-state index is -0.00929. The molecule has 21 heavy (non-hydrogen) atoms. The zero-order chi connectivity index (χ0) is 15.1. The summed E-state index contributed by atoms with van der Waals surface area (Å²) >= 11 is 6.26. The number of benzene rings is 2. The summed E-state index contributed by atoms with van der Waals surface area (Å²) in [5, 5.41) is 13.1. The Balaban J connectivity index is 2.21. The quantitative estimate of drug-likeness (QED) is 0.756. The SMILES string of the molecule is CCCNCc1cccc(Cl)c1Oc1cccc(CO)c1. The number of hydrogen-bond acceptors (Lipinski definition) is 3. The summed E-state index contributed by atoms with van der Waals surface area (Å²) in [6.45, 7) is 3.78. The predicted molar refractivity (Wildman–Crippen MR) is 85.9 cm³/mol. The number of rotatable bonds is 7. The maximum Gasteiger partial charge on any atom is 0.150 e. The Morgan fingerprint density at radius 1 is 1.19 bits per heavy atom. The number of aliphatic hydroxyl groups excluding tert-OH is 1. The summed E-state index contributed by atoms with van der Waals surface area (Å²) < 4.78 is 5.93. The lowest BCUT2D eigenvalue weighted by Crippen LogP contribution is -2.14. The van der Waals surface area contributed by atoms with E-state index in [9.17, 15) is 5.11 Å². The van der Waals surface area contributed by atoms with Crippen LogP contribution in [0.4, 0.5) is 0 Å². The molecule has 0 amide bonds. The minimum Gasteiger partial charge on any atom is -0.455 e. The first kappa shape index (κ1) is 15.8. The molecule has 112 valence electrons. The van der Waals surface area contributed by atoms with Gasteiger partial charge in [-0.15, -0.1) is 0 Å². The Morgan fingerprint density at radius 2 is 2.00 bits per heavy atom. The van der Waals surface area contributed by atoms with Gasteiger partial charge < -0.3 is 15.2 Å². The summed E-state index contributed by atoms with van der Waals surface area (Å²) in [4.78, 5) is 0. The summed E-state index contributed by atoms with van der Waals surface area (Å²) in [7, 11) is 0. The van der Waals surface area contributed by atoms with Crippen LogP contribution in [-0.2, 0) is 13.2 Å². The molecular formula is C17H20ClNO2. The summed E-state index contributed by atoms with van der Waals surface area (Å²) in [6.07, 6.45) is 1.08. The first-order chi connectivity index (χ1) is 10.2. The molecule has 0 aliphatic heterocycles. The monoisotopic (exact) mass is 305 g/mol. The van der Waals surface area contributed by atoms with E-state index >= 15 is 0 Å². The molecule has 0 atom stereocenters. The summed E-state index contributed by atoms with van der Waals surface area (Å²) in [5.74, 6) is 1.34. The van der Waals surface area contributed by atoms with Gasteiger partial charge in [0.15, 0.2) is 0 Å².